The Kier molecular flexibility index (Phi) is 4.93. The van der Waals surface area contributed by atoms with Gasteiger partial charge in [0, 0.05) is 24.0 Å². The van der Waals surface area contributed by atoms with Crippen LogP contribution in [0.25, 0.3) is 10.9 Å². The van der Waals surface area contributed by atoms with Crippen LogP contribution in [-0.2, 0) is 4.74 Å². The smallest absolute Gasteiger partial charge is 0.410 e. The maximum atomic E-state index is 14.5. The van der Waals surface area contributed by atoms with Crippen molar-refractivity contribution in [3.05, 3.63) is 17.2 Å². The van der Waals surface area contributed by atoms with Crippen LogP contribution in [0.5, 0.6) is 0 Å². The number of hydrogen-bond acceptors (Lipinski definition) is 7. The number of carbonyl (C=O) groups is 1. The fourth-order valence-electron chi connectivity index (χ4n) is 4.00. The van der Waals surface area contributed by atoms with Crippen molar-refractivity contribution in [1.82, 2.24) is 14.9 Å². The summed E-state index contributed by atoms with van der Waals surface area (Å²) in [5.41, 5.74) is 6.92. The molecule has 1 aliphatic carbocycles. The first-order chi connectivity index (χ1) is 13.6. The summed E-state index contributed by atoms with van der Waals surface area (Å²) in [6.07, 6.45) is 3.88. The zero-order valence-corrected chi connectivity index (χ0v) is 18.2. The molecule has 4 heterocycles. The first-order valence-corrected chi connectivity index (χ1v) is 10.9. The second-order valence-corrected chi connectivity index (χ2v) is 9.55. The molecule has 1 saturated carbocycles. The lowest BCUT2D eigenvalue weighted by Gasteiger charge is -2.38. The second-order valence-electron chi connectivity index (χ2n) is 8.40. The highest BCUT2D eigenvalue weighted by Crippen LogP contribution is 2.46. The predicted octanol–water partition coefficient (Wildman–Crippen LogP) is 4.15. The lowest BCUT2D eigenvalue weighted by atomic mass is 9.80. The number of carbonyl (C=O) groups excluding carboxylic acids is 1. The Balaban J connectivity index is 1.65. The highest BCUT2D eigenvalue weighted by Gasteiger charge is 2.55. The normalized spacial score (nSPS) is 23.2. The number of fused-ring (bicyclic) bond motifs is 2. The number of nitrogen functional groups attached to an aromatic ring is 1. The van der Waals surface area contributed by atoms with Gasteiger partial charge >= 0.3 is 6.09 Å². The van der Waals surface area contributed by atoms with E-state index in [0.29, 0.717) is 28.3 Å². The number of anilines is 2. The summed E-state index contributed by atoms with van der Waals surface area (Å²) in [7, 11) is 0. The molecule has 29 heavy (non-hydrogen) atoms. The first kappa shape index (κ1) is 20.3. The number of pyridine rings is 2. The summed E-state index contributed by atoms with van der Waals surface area (Å²) in [6.45, 7) is 6.17. The van der Waals surface area contributed by atoms with E-state index < -0.39 is 11.4 Å². The van der Waals surface area contributed by atoms with Gasteiger partial charge < -0.3 is 20.7 Å². The molecule has 10 heteroatoms. The molecular formula is C19H23ClFN5O2S. The molecule has 7 nitrogen and oxygen atoms in total. The Bertz CT molecular complexity index is 999. The van der Waals surface area contributed by atoms with Crippen molar-refractivity contribution < 1.29 is 13.9 Å². The summed E-state index contributed by atoms with van der Waals surface area (Å²) in [4.78, 5) is 22.5. The molecule has 3 unspecified atom stereocenters. The van der Waals surface area contributed by atoms with Crippen molar-refractivity contribution in [1.29, 1.82) is 0 Å². The molecule has 2 saturated heterocycles. The third-order valence-corrected chi connectivity index (χ3v) is 6.33. The minimum Gasteiger partial charge on any atom is -0.444 e. The van der Waals surface area contributed by atoms with E-state index in [1.165, 1.54) is 18.0 Å². The van der Waals surface area contributed by atoms with Gasteiger partial charge in [-0.25, -0.2) is 19.2 Å². The number of hydrogen-bond donors (Lipinski definition) is 2. The van der Waals surface area contributed by atoms with Crippen molar-refractivity contribution in [2.45, 2.75) is 49.9 Å². The van der Waals surface area contributed by atoms with Gasteiger partial charge in [0.2, 0.25) is 0 Å². The largest absolute Gasteiger partial charge is 0.444 e. The van der Waals surface area contributed by atoms with Crippen LogP contribution in [0.4, 0.5) is 20.6 Å². The molecule has 3 N–H and O–H groups in total. The molecule has 0 aromatic carbocycles. The van der Waals surface area contributed by atoms with Gasteiger partial charge in [0.05, 0.1) is 23.5 Å². The quantitative estimate of drug-likeness (QED) is 0.548. The standard InChI is InChI=1S/C19H23ClFN5O2S/c1-19(2,3)28-18(27)26-7-8-5-10(26)13(8)24-15-9-6-23-16(20)11(21)14(9)25-17(29-4)12(15)22/h6,8,10,13H,5,7,22H2,1-4H3,(H,24,25). The molecular weight excluding hydrogens is 417 g/mol. The van der Waals surface area contributed by atoms with Crippen molar-refractivity contribution >= 4 is 51.7 Å². The van der Waals surface area contributed by atoms with Crippen LogP contribution >= 0.6 is 23.4 Å². The zero-order valence-electron chi connectivity index (χ0n) is 16.6. The Labute approximate surface area is 177 Å². The maximum absolute atomic E-state index is 14.5. The number of ether oxygens (including phenoxy) is 1. The van der Waals surface area contributed by atoms with Gasteiger partial charge in [-0.3, -0.25) is 0 Å². The number of amides is 1. The number of nitrogens with one attached hydrogen (secondary N) is 1. The Morgan fingerprint density at radius 2 is 2.21 bits per heavy atom. The summed E-state index contributed by atoms with van der Waals surface area (Å²) in [5.74, 6) is -0.396. The Morgan fingerprint density at radius 1 is 1.48 bits per heavy atom. The molecule has 2 bridgehead atoms. The summed E-state index contributed by atoms with van der Waals surface area (Å²) in [6, 6.07) is 0.00386. The molecule has 3 aliphatic rings. The molecule has 5 rings (SSSR count). The molecule has 1 amide bonds. The molecule has 2 aliphatic heterocycles. The lowest BCUT2D eigenvalue weighted by Crippen LogP contribution is -2.50. The monoisotopic (exact) mass is 439 g/mol. The van der Waals surface area contributed by atoms with E-state index in [-0.39, 0.29) is 34.8 Å². The van der Waals surface area contributed by atoms with Gasteiger partial charge in [-0.05, 0) is 33.4 Å². The van der Waals surface area contributed by atoms with E-state index in [0.717, 1.165) is 6.42 Å². The van der Waals surface area contributed by atoms with Crippen LogP contribution in [0, 0.1) is 11.7 Å². The minimum atomic E-state index is -0.672. The number of thioether (sulfide) groups is 1. The van der Waals surface area contributed by atoms with E-state index in [1.54, 1.807) is 4.90 Å². The third-order valence-electron chi connectivity index (χ3n) is 5.36. The summed E-state index contributed by atoms with van der Waals surface area (Å²) >= 11 is 7.17. The van der Waals surface area contributed by atoms with Gasteiger partial charge in [0.15, 0.2) is 11.0 Å². The van der Waals surface area contributed by atoms with Crippen LogP contribution in [0.2, 0.25) is 5.15 Å². The van der Waals surface area contributed by atoms with Gasteiger partial charge in [-0.1, -0.05) is 11.6 Å². The number of aromatic nitrogens is 2. The van der Waals surface area contributed by atoms with Crippen molar-refractivity contribution in [3.8, 4) is 0 Å². The molecule has 3 atom stereocenters. The van der Waals surface area contributed by atoms with Crippen LogP contribution in [0.15, 0.2) is 11.2 Å². The van der Waals surface area contributed by atoms with E-state index >= 15 is 0 Å². The lowest BCUT2D eigenvalue weighted by molar-refractivity contribution is 0.0239. The van der Waals surface area contributed by atoms with Crippen LogP contribution < -0.4 is 11.1 Å². The molecule has 3 fully saturated rings. The third kappa shape index (κ3) is 3.44. The van der Waals surface area contributed by atoms with E-state index in [1.807, 2.05) is 27.0 Å². The maximum Gasteiger partial charge on any atom is 0.410 e. The highest BCUT2D eigenvalue weighted by molar-refractivity contribution is 7.98. The number of rotatable bonds is 3. The van der Waals surface area contributed by atoms with Crippen LogP contribution in [0.1, 0.15) is 27.2 Å². The number of nitrogens with two attached hydrogens (primary N) is 1. The fraction of sp³-hybridized carbons (Fsp3) is 0.526. The first-order valence-electron chi connectivity index (χ1n) is 9.34. The molecule has 2 aromatic rings. The van der Waals surface area contributed by atoms with E-state index in [2.05, 4.69) is 15.3 Å². The molecule has 0 radical (unpaired) electrons. The van der Waals surface area contributed by atoms with Crippen LogP contribution in [-0.4, -0.2) is 51.4 Å². The average Bonchev–Trinajstić information content (AvgIpc) is 3.22. The highest BCUT2D eigenvalue weighted by atomic mass is 35.5. The molecule has 2 aromatic heterocycles. The Hall–Kier alpha value is -2.00. The minimum absolute atomic E-state index is 0.000279. The zero-order chi connectivity index (χ0) is 21.1. The predicted molar refractivity (Wildman–Crippen MR) is 113 cm³/mol. The van der Waals surface area contributed by atoms with Crippen molar-refractivity contribution in [2.24, 2.45) is 5.92 Å². The number of halogens is 2. The van der Waals surface area contributed by atoms with Crippen LogP contribution in [0.3, 0.4) is 0 Å². The van der Waals surface area contributed by atoms with Gasteiger partial charge in [-0.2, -0.15) is 0 Å². The number of nitrogens with zero attached hydrogens (tertiary/aromatic N) is 3. The van der Waals surface area contributed by atoms with Crippen molar-refractivity contribution in [2.75, 3.05) is 23.9 Å². The molecule has 156 valence electrons. The van der Waals surface area contributed by atoms with E-state index in [4.69, 9.17) is 22.1 Å². The second kappa shape index (κ2) is 7.05. The molecule has 0 spiro atoms. The van der Waals surface area contributed by atoms with Crippen molar-refractivity contribution in [3.63, 3.8) is 0 Å². The van der Waals surface area contributed by atoms with Gasteiger partial charge in [0.25, 0.3) is 0 Å². The average molecular weight is 440 g/mol. The topological polar surface area (TPSA) is 93.4 Å². The van der Waals surface area contributed by atoms with Gasteiger partial charge in [-0.15, -0.1) is 11.8 Å². The summed E-state index contributed by atoms with van der Waals surface area (Å²) in [5, 5.41) is 4.19. The fourth-order valence-corrected chi connectivity index (χ4v) is 4.65. The van der Waals surface area contributed by atoms with E-state index in [9.17, 15) is 9.18 Å². The SMILES string of the molecule is CSc1nc2c(F)c(Cl)ncc2c(NC2C3CC2N(C(=O)OC(C)(C)C)C3)c1N. The van der Waals surface area contributed by atoms with Gasteiger partial charge in [0.1, 0.15) is 16.1 Å². The summed E-state index contributed by atoms with van der Waals surface area (Å²) < 4.78 is 20.1. The Morgan fingerprint density at radius 3 is 2.86 bits per heavy atom.